The number of nitrogens with zero attached hydrogens (tertiary/aromatic N) is 2. The van der Waals surface area contributed by atoms with E-state index in [1.54, 1.807) is 19.2 Å². The van der Waals surface area contributed by atoms with Crippen molar-refractivity contribution in [3.8, 4) is 11.5 Å². The number of hydrogen-bond acceptors (Lipinski definition) is 8. The van der Waals surface area contributed by atoms with E-state index < -0.39 is 42.0 Å². The maximum absolute atomic E-state index is 12.7. The van der Waals surface area contributed by atoms with E-state index in [1.165, 1.54) is 33.1 Å². The number of ether oxygens (including phenoxy) is 2. The third-order valence-electron chi connectivity index (χ3n) is 7.95. The molecule has 292 valence electrons. The van der Waals surface area contributed by atoms with Crippen molar-refractivity contribution in [2.75, 3.05) is 51.0 Å². The summed E-state index contributed by atoms with van der Waals surface area (Å²) >= 11 is 0. The number of rotatable bonds is 7. The van der Waals surface area contributed by atoms with E-state index in [2.05, 4.69) is 10.6 Å². The van der Waals surface area contributed by atoms with Gasteiger partial charge in [-0.2, -0.15) is 26.3 Å². The molecule has 2 aliphatic heterocycles. The Bertz CT molecular complexity index is 1620. The number of Topliss-reactive ketones (excluding diaryl/α,β-unsaturated/α-hetero) is 1. The van der Waals surface area contributed by atoms with E-state index in [4.69, 9.17) is 14.6 Å². The van der Waals surface area contributed by atoms with Gasteiger partial charge in [-0.15, -0.1) is 0 Å². The van der Waals surface area contributed by atoms with Gasteiger partial charge in [0.1, 0.15) is 11.5 Å². The molecule has 0 bridgehead atoms. The Morgan fingerprint density at radius 2 is 1.13 bits per heavy atom. The van der Waals surface area contributed by atoms with Crippen LogP contribution in [0.2, 0.25) is 0 Å². The lowest BCUT2D eigenvalue weighted by Gasteiger charge is -2.31. The highest BCUT2D eigenvalue weighted by molar-refractivity contribution is 6.01. The molecule has 19 heteroatoms. The number of nitrogens with one attached hydrogen (secondary N) is 2. The molecule has 0 atom stereocenters. The number of amides is 4. The zero-order valence-corrected chi connectivity index (χ0v) is 29.2. The number of benzene rings is 2. The number of aliphatic carboxylic acids is 1. The maximum Gasteiger partial charge on any atom is 0.471 e. The molecule has 2 aromatic rings. The highest BCUT2D eigenvalue weighted by atomic mass is 19.4. The van der Waals surface area contributed by atoms with E-state index in [1.807, 2.05) is 18.2 Å². The number of ketones is 1. The van der Waals surface area contributed by atoms with Crippen molar-refractivity contribution in [3.63, 3.8) is 0 Å². The Labute approximate surface area is 300 Å². The number of carboxylic acid groups (broad SMARTS) is 1. The number of likely N-dealkylation sites (tertiary alicyclic amines) is 2. The van der Waals surface area contributed by atoms with Crippen LogP contribution >= 0.6 is 0 Å². The largest absolute Gasteiger partial charge is 0.497 e. The van der Waals surface area contributed by atoms with Crippen molar-refractivity contribution in [1.29, 1.82) is 0 Å². The molecule has 4 rings (SSSR count). The minimum Gasteiger partial charge on any atom is -0.497 e. The third kappa shape index (κ3) is 13.9. The second-order valence-corrected chi connectivity index (χ2v) is 11.8. The van der Waals surface area contributed by atoms with Crippen molar-refractivity contribution in [2.45, 2.75) is 51.9 Å². The molecule has 0 unspecified atom stereocenters. The summed E-state index contributed by atoms with van der Waals surface area (Å²) in [5, 5.41) is 13.8. The first-order valence-corrected chi connectivity index (χ1v) is 16.0. The fourth-order valence-corrected chi connectivity index (χ4v) is 5.33. The van der Waals surface area contributed by atoms with E-state index in [0.29, 0.717) is 16.2 Å². The van der Waals surface area contributed by atoms with Crippen molar-refractivity contribution >= 4 is 46.8 Å². The molecule has 0 aliphatic carbocycles. The van der Waals surface area contributed by atoms with Gasteiger partial charge in [0.05, 0.1) is 25.7 Å². The van der Waals surface area contributed by atoms with Crippen LogP contribution in [-0.4, -0.2) is 103 Å². The highest BCUT2D eigenvalue weighted by Gasteiger charge is 2.45. The van der Waals surface area contributed by atoms with Crippen LogP contribution in [0.3, 0.4) is 0 Å². The quantitative estimate of drug-likeness (QED) is 0.255. The SMILES string of the molecule is COc1cc(NC(C)=O)ccc1C(=O)C1CCN(C(=O)C(F)(F)F)CC1.COc1cccc(NC(C)=O)c1.O=C(O)C1CCN(C(=O)C(F)(F)F)CC1. The van der Waals surface area contributed by atoms with E-state index >= 15 is 0 Å². The summed E-state index contributed by atoms with van der Waals surface area (Å²) in [7, 11) is 2.97. The van der Waals surface area contributed by atoms with Crippen molar-refractivity contribution in [3.05, 3.63) is 48.0 Å². The van der Waals surface area contributed by atoms with Crippen LogP contribution in [0.4, 0.5) is 37.7 Å². The van der Waals surface area contributed by atoms with Crippen LogP contribution in [0.5, 0.6) is 11.5 Å². The monoisotopic (exact) mass is 762 g/mol. The van der Waals surface area contributed by atoms with Gasteiger partial charge in [-0.1, -0.05) is 6.07 Å². The van der Waals surface area contributed by atoms with Crippen molar-refractivity contribution < 1.29 is 69.7 Å². The number of carbonyl (C=O) groups is 6. The summed E-state index contributed by atoms with van der Waals surface area (Å²) in [4.78, 5) is 68.3. The van der Waals surface area contributed by atoms with Gasteiger partial charge in [0.25, 0.3) is 0 Å². The zero-order chi connectivity index (χ0) is 40.1. The Morgan fingerprint density at radius 3 is 1.53 bits per heavy atom. The fraction of sp³-hybridized carbons (Fsp3) is 0.471. The lowest BCUT2D eigenvalue weighted by Crippen LogP contribution is -2.46. The average Bonchev–Trinajstić information content (AvgIpc) is 3.10. The molecule has 0 radical (unpaired) electrons. The van der Waals surface area contributed by atoms with Gasteiger partial charge in [0.15, 0.2) is 5.78 Å². The molecule has 2 saturated heterocycles. The molecular weight excluding hydrogens is 722 g/mol. The van der Waals surface area contributed by atoms with Gasteiger partial charge in [-0.3, -0.25) is 28.8 Å². The molecule has 2 fully saturated rings. The predicted octanol–water partition coefficient (Wildman–Crippen LogP) is 5.16. The molecule has 2 aromatic carbocycles. The first-order chi connectivity index (χ1) is 24.7. The molecule has 53 heavy (non-hydrogen) atoms. The standard InChI is InChI=1S/C17H19F3N2O4.C9H11NO2.C8H10F3NO3/c1-10(23)21-12-3-4-13(14(9-12)26-2)15(24)11-5-7-22(8-6-11)16(25)17(18,19)20;1-7(11)10-8-4-3-5-9(6-8)12-2;9-8(10,11)7(15)12-3-1-5(2-4-12)6(13)14/h3-4,9,11H,5-8H2,1-2H3,(H,21,23);3-6H,1-2H3,(H,10,11);5H,1-4H2,(H,13,14). The van der Waals surface area contributed by atoms with Crippen molar-refractivity contribution in [2.24, 2.45) is 11.8 Å². The lowest BCUT2D eigenvalue weighted by molar-refractivity contribution is -0.187. The summed E-state index contributed by atoms with van der Waals surface area (Å²) in [6, 6.07) is 11.8. The summed E-state index contributed by atoms with van der Waals surface area (Å²) in [6.07, 6.45) is -9.31. The number of methoxy groups -OCH3 is 2. The van der Waals surface area contributed by atoms with Crippen LogP contribution in [0.15, 0.2) is 42.5 Å². The highest BCUT2D eigenvalue weighted by Crippen LogP contribution is 2.31. The minimum atomic E-state index is -4.90. The van der Waals surface area contributed by atoms with E-state index in [-0.39, 0.29) is 75.2 Å². The normalized spacial score (nSPS) is 15.1. The van der Waals surface area contributed by atoms with Gasteiger partial charge in [0.2, 0.25) is 11.8 Å². The van der Waals surface area contributed by atoms with Gasteiger partial charge in [-0.05, 0) is 49.9 Å². The predicted molar refractivity (Wildman–Crippen MR) is 177 cm³/mol. The average molecular weight is 763 g/mol. The van der Waals surface area contributed by atoms with Crippen LogP contribution < -0.4 is 20.1 Å². The topological polar surface area (TPSA) is 172 Å². The third-order valence-corrected chi connectivity index (χ3v) is 7.95. The Kier molecular flexibility index (Phi) is 16.1. The maximum atomic E-state index is 12.7. The van der Waals surface area contributed by atoms with Gasteiger partial charge in [0, 0.05) is 69.5 Å². The Hall–Kier alpha value is -5.36. The smallest absolute Gasteiger partial charge is 0.471 e. The van der Waals surface area contributed by atoms with Crippen molar-refractivity contribution in [1.82, 2.24) is 9.80 Å². The van der Waals surface area contributed by atoms with E-state index in [9.17, 15) is 55.1 Å². The number of carboxylic acids is 1. The lowest BCUT2D eigenvalue weighted by atomic mass is 9.88. The number of halogens is 6. The summed E-state index contributed by atoms with van der Waals surface area (Å²) < 4.78 is 83.6. The summed E-state index contributed by atoms with van der Waals surface area (Å²) in [5.41, 5.74) is 1.51. The van der Waals surface area contributed by atoms with E-state index in [0.717, 1.165) is 16.3 Å². The molecular formula is C34H40F6N4O9. The molecule has 3 N–H and O–H groups in total. The first kappa shape index (κ1) is 43.8. The van der Waals surface area contributed by atoms with Crippen LogP contribution in [0.25, 0.3) is 0 Å². The summed E-state index contributed by atoms with van der Waals surface area (Å²) in [5.74, 6) is -5.50. The molecule has 2 heterocycles. The Morgan fingerprint density at radius 1 is 0.679 bits per heavy atom. The van der Waals surface area contributed by atoms with Gasteiger partial charge in [-0.25, -0.2) is 0 Å². The second kappa shape index (κ2) is 19.5. The molecule has 4 amide bonds. The molecule has 2 aliphatic rings. The minimum absolute atomic E-state index is 0.0803. The first-order valence-electron chi connectivity index (χ1n) is 16.0. The second-order valence-electron chi connectivity index (χ2n) is 11.8. The number of hydrogen-bond donors (Lipinski definition) is 3. The zero-order valence-electron chi connectivity index (χ0n) is 29.2. The summed E-state index contributed by atoms with van der Waals surface area (Å²) in [6.45, 7) is 2.29. The fourth-order valence-electron chi connectivity index (χ4n) is 5.33. The number of anilines is 2. The van der Waals surface area contributed by atoms with Gasteiger partial charge < -0.3 is 35.0 Å². The van der Waals surface area contributed by atoms with Crippen LogP contribution in [0.1, 0.15) is 49.9 Å². The Balaban J connectivity index is 0.000000304. The molecule has 0 aromatic heterocycles. The van der Waals surface area contributed by atoms with Crippen LogP contribution in [0, 0.1) is 11.8 Å². The van der Waals surface area contributed by atoms with Gasteiger partial charge >= 0.3 is 30.1 Å². The number of alkyl halides is 6. The number of piperidine rings is 2. The molecule has 0 saturated carbocycles. The molecule has 13 nitrogen and oxygen atoms in total. The molecule has 0 spiro atoms. The van der Waals surface area contributed by atoms with Crippen LogP contribution in [-0.2, 0) is 24.0 Å². The number of carbonyl (C=O) groups excluding carboxylic acids is 5.